The van der Waals surface area contributed by atoms with Crippen LogP contribution < -0.4 is 5.32 Å². The van der Waals surface area contributed by atoms with Gasteiger partial charge in [-0.2, -0.15) is 0 Å². The SMILES string of the molecule is CC(C)(C)c1ncc(CNc2cccc(CS(=O)C(C)(C)C)c2)[nH]1. The molecule has 132 valence electrons. The van der Waals surface area contributed by atoms with E-state index in [0.29, 0.717) is 12.3 Å². The fourth-order valence-electron chi connectivity index (χ4n) is 2.17. The van der Waals surface area contributed by atoms with Gasteiger partial charge >= 0.3 is 0 Å². The highest BCUT2D eigenvalue weighted by atomic mass is 32.2. The standard InChI is InChI=1S/C19H29N3OS/c1-18(2,3)17-21-12-16(22-17)11-20-15-9-7-8-14(10-15)13-24(23)19(4,5)6/h7-10,12,20H,11,13H2,1-6H3,(H,21,22). The molecule has 5 heteroatoms. The molecular formula is C19H29N3OS. The lowest BCUT2D eigenvalue weighted by atomic mass is 9.96. The van der Waals surface area contributed by atoms with Crippen LogP contribution in [-0.4, -0.2) is 18.9 Å². The molecule has 2 N–H and O–H groups in total. The molecular weight excluding hydrogens is 318 g/mol. The molecule has 1 aromatic carbocycles. The van der Waals surface area contributed by atoms with Gasteiger partial charge in [0.1, 0.15) is 5.82 Å². The zero-order valence-electron chi connectivity index (χ0n) is 15.6. The molecule has 24 heavy (non-hydrogen) atoms. The Morgan fingerprint density at radius 1 is 1.17 bits per heavy atom. The van der Waals surface area contributed by atoms with E-state index in [4.69, 9.17) is 0 Å². The van der Waals surface area contributed by atoms with Gasteiger partial charge in [0, 0.05) is 32.4 Å². The lowest BCUT2D eigenvalue weighted by Crippen LogP contribution is -2.22. The van der Waals surface area contributed by atoms with Gasteiger partial charge in [-0.15, -0.1) is 0 Å². The molecule has 2 rings (SSSR count). The number of nitrogens with one attached hydrogen (secondary N) is 2. The van der Waals surface area contributed by atoms with Crippen LogP contribution in [0.5, 0.6) is 0 Å². The Kier molecular flexibility index (Phi) is 5.53. The van der Waals surface area contributed by atoms with E-state index in [0.717, 1.165) is 22.8 Å². The summed E-state index contributed by atoms with van der Waals surface area (Å²) in [6.45, 7) is 13.1. The Balaban J connectivity index is 2.00. The quantitative estimate of drug-likeness (QED) is 0.844. The Morgan fingerprint density at radius 3 is 2.46 bits per heavy atom. The predicted octanol–water partition coefficient (Wildman–Crippen LogP) is 4.37. The van der Waals surface area contributed by atoms with Crippen molar-refractivity contribution in [2.75, 3.05) is 5.32 Å². The average molecular weight is 348 g/mol. The molecule has 4 nitrogen and oxygen atoms in total. The van der Waals surface area contributed by atoms with Crippen LogP contribution in [-0.2, 0) is 28.5 Å². The summed E-state index contributed by atoms with van der Waals surface area (Å²) in [7, 11) is -0.887. The summed E-state index contributed by atoms with van der Waals surface area (Å²) in [6, 6.07) is 8.14. The van der Waals surface area contributed by atoms with Crippen LogP contribution in [0.25, 0.3) is 0 Å². The van der Waals surface area contributed by atoms with Crippen LogP contribution in [0.3, 0.4) is 0 Å². The number of rotatable bonds is 5. The Bertz CT molecular complexity index is 708. The second-order valence-corrected chi connectivity index (χ2v) is 10.4. The lowest BCUT2D eigenvalue weighted by Gasteiger charge is -2.18. The van der Waals surface area contributed by atoms with E-state index >= 15 is 0 Å². The Hall–Kier alpha value is -1.62. The van der Waals surface area contributed by atoms with Crippen molar-refractivity contribution in [3.63, 3.8) is 0 Å². The van der Waals surface area contributed by atoms with Crippen molar-refractivity contribution in [2.45, 2.75) is 64.0 Å². The van der Waals surface area contributed by atoms with Crippen LogP contribution >= 0.6 is 0 Å². The van der Waals surface area contributed by atoms with Gasteiger partial charge in [-0.05, 0) is 38.5 Å². The second-order valence-electron chi connectivity index (χ2n) is 8.16. The largest absolute Gasteiger partial charge is 0.379 e. The number of hydrogen-bond acceptors (Lipinski definition) is 3. The number of aromatic amines is 1. The normalized spacial score (nSPS) is 13.8. The highest BCUT2D eigenvalue weighted by Gasteiger charge is 2.19. The van der Waals surface area contributed by atoms with E-state index in [9.17, 15) is 4.21 Å². The summed E-state index contributed by atoms with van der Waals surface area (Å²) in [5.41, 5.74) is 3.21. The van der Waals surface area contributed by atoms with E-state index in [1.54, 1.807) is 0 Å². The van der Waals surface area contributed by atoms with Crippen LogP contribution in [0, 0.1) is 0 Å². The van der Waals surface area contributed by atoms with E-state index in [1.165, 1.54) is 0 Å². The highest BCUT2D eigenvalue weighted by Crippen LogP contribution is 2.20. The smallest absolute Gasteiger partial charge is 0.111 e. The topological polar surface area (TPSA) is 57.8 Å². The minimum Gasteiger partial charge on any atom is -0.379 e. The van der Waals surface area contributed by atoms with Crippen LogP contribution in [0.4, 0.5) is 5.69 Å². The summed E-state index contributed by atoms with van der Waals surface area (Å²) in [4.78, 5) is 7.82. The fraction of sp³-hybridized carbons (Fsp3) is 0.526. The third kappa shape index (κ3) is 5.20. The van der Waals surface area contributed by atoms with Crippen molar-refractivity contribution in [3.05, 3.63) is 47.5 Å². The van der Waals surface area contributed by atoms with Crippen molar-refractivity contribution in [2.24, 2.45) is 0 Å². The molecule has 0 saturated heterocycles. The molecule has 0 bridgehead atoms. The van der Waals surface area contributed by atoms with Crippen LogP contribution in [0.1, 0.15) is 58.6 Å². The van der Waals surface area contributed by atoms with E-state index in [-0.39, 0.29) is 10.2 Å². The molecule has 0 radical (unpaired) electrons. The first-order valence-corrected chi connectivity index (χ1v) is 9.63. The van der Waals surface area contributed by atoms with Crippen molar-refractivity contribution in [3.8, 4) is 0 Å². The molecule has 0 aliphatic carbocycles. The Morgan fingerprint density at radius 2 is 1.88 bits per heavy atom. The Labute approximate surface area is 147 Å². The van der Waals surface area contributed by atoms with Gasteiger partial charge in [0.05, 0.1) is 18.4 Å². The maximum atomic E-state index is 12.3. The molecule has 1 unspecified atom stereocenters. The molecule has 0 amide bonds. The maximum absolute atomic E-state index is 12.3. The minimum absolute atomic E-state index is 0.0230. The zero-order valence-corrected chi connectivity index (χ0v) is 16.4. The molecule has 0 saturated carbocycles. The predicted molar refractivity (Wildman–Crippen MR) is 103 cm³/mol. The van der Waals surface area contributed by atoms with Gasteiger partial charge in [0.2, 0.25) is 0 Å². The lowest BCUT2D eigenvalue weighted by molar-refractivity contribution is 0.551. The van der Waals surface area contributed by atoms with Crippen molar-refractivity contribution in [1.82, 2.24) is 9.97 Å². The van der Waals surface area contributed by atoms with Gasteiger partial charge in [0.25, 0.3) is 0 Å². The second kappa shape index (κ2) is 7.09. The first-order valence-electron chi connectivity index (χ1n) is 8.31. The zero-order chi connectivity index (χ0) is 18.0. The number of anilines is 1. The summed E-state index contributed by atoms with van der Waals surface area (Å²) < 4.78 is 12.1. The molecule has 1 heterocycles. The molecule has 0 aliphatic rings. The summed E-state index contributed by atoms with van der Waals surface area (Å²) in [5.74, 6) is 1.57. The minimum atomic E-state index is -0.887. The van der Waals surface area contributed by atoms with Gasteiger partial charge in [-0.1, -0.05) is 32.9 Å². The fourth-order valence-corrected chi connectivity index (χ4v) is 3.08. The first kappa shape index (κ1) is 18.7. The number of imidazole rings is 1. The summed E-state index contributed by atoms with van der Waals surface area (Å²) >= 11 is 0. The molecule has 0 fully saturated rings. The van der Waals surface area contributed by atoms with E-state index in [1.807, 2.05) is 45.2 Å². The molecule has 1 atom stereocenters. The molecule has 0 spiro atoms. The van der Waals surface area contributed by atoms with E-state index in [2.05, 4.69) is 42.1 Å². The highest BCUT2D eigenvalue weighted by molar-refractivity contribution is 7.85. The average Bonchev–Trinajstić information content (AvgIpc) is 2.93. The monoisotopic (exact) mass is 347 g/mol. The summed E-state index contributed by atoms with van der Waals surface area (Å²) in [6.07, 6.45) is 1.88. The first-order chi connectivity index (χ1) is 11.1. The number of hydrogen-bond donors (Lipinski definition) is 2. The van der Waals surface area contributed by atoms with Crippen molar-refractivity contribution >= 4 is 16.5 Å². The number of nitrogens with zero attached hydrogens (tertiary/aromatic N) is 1. The number of benzene rings is 1. The maximum Gasteiger partial charge on any atom is 0.111 e. The van der Waals surface area contributed by atoms with Gasteiger partial charge < -0.3 is 10.3 Å². The number of aromatic nitrogens is 2. The molecule has 0 aliphatic heterocycles. The third-order valence-electron chi connectivity index (χ3n) is 3.73. The van der Waals surface area contributed by atoms with Crippen LogP contribution in [0.15, 0.2) is 30.5 Å². The molecule has 2 aromatic rings. The summed E-state index contributed by atoms with van der Waals surface area (Å²) in [5, 5.41) is 3.41. The van der Waals surface area contributed by atoms with Gasteiger partial charge in [-0.3, -0.25) is 4.21 Å². The van der Waals surface area contributed by atoms with E-state index < -0.39 is 10.8 Å². The van der Waals surface area contributed by atoms with Gasteiger partial charge in [-0.25, -0.2) is 4.98 Å². The van der Waals surface area contributed by atoms with Crippen molar-refractivity contribution in [1.29, 1.82) is 0 Å². The molecule has 1 aromatic heterocycles. The third-order valence-corrected chi connectivity index (χ3v) is 5.69. The number of H-pyrrole nitrogens is 1. The van der Waals surface area contributed by atoms with Gasteiger partial charge in [0.15, 0.2) is 0 Å². The van der Waals surface area contributed by atoms with Crippen LogP contribution in [0.2, 0.25) is 0 Å². The van der Waals surface area contributed by atoms with Crippen molar-refractivity contribution < 1.29 is 4.21 Å².